The molecule has 2 amide bonds. The van der Waals surface area contributed by atoms with E-state index in [0.29, 0.717) is 24.3 Å². The second kappa shape index (κ2) is 13.2. The van der Waals surface area contributed by atoms with Crippen LogP contribution in [0.1, 0.15) is 37.8 Å². The first-order chi connectivity index (χ1) is 16.5. The Morgan fingerprint density at radius 2 is 1.54 bits per heavy atom. The van der Waals surface area contributed by atoms with E-state index >= 15 is 0 Å². The zero-order valence-electron chi connectivity index (χ0n) is 20.2. The number of amides is 2. The number of alkyl carbamates (subject to hydrolysis) is 1. The van der Waals surface area contributed by atoms with Crippen LogP contribution in [0.2, 0.25) is 0 Å². The van der Waals surface area contributed by atoms with Gasteiger partial charge in [-0.05, 0) is 48.4 Å². The van der Waals surface area contributed by atoms with Gasteiger partial charge in [0.05, 0.1) is 10.9 Å². The van der Waals surface area contributed by atoms with Crippen LogP contribution >= 0.6 is 0 Å². The van der Waals surface area contributed by atoms with Crippen molar-refractivity contribution < 1.29 is 33.0 Å². The van der Waals surface area contributed by atoms with E-state index in [-0.39, 0.29) is 17.9 Å². The van der Waals surface area contributed by atoms with Crippen LogP contribution in [0.5, 0.6) is 0 Å². The highest BCUT2D eigenvalue weighted by molar-refractivity contribution is 7.90. The molecule has 0 fully saturated rings. The molecule has 0 radical (unpaired) electrons. The van der Waals surface area contributed by atoms with E-state index < -0.39 is 40.2 Å². The maximum Gasteiger partial charge on any atom is 0.407 e. The molecule has 0 bridgehead atoms. The Hall–Kier alpha value is -2.95. The quantitative estimate of drug-likeness (QED) is 0.323. The molecule has 192 valence electrons. The van der Waals surface area contributed by atoms with Crippen LogP contribution in [0.15, 0.2) is 59.5 Å². The molecule has 1 unspecified atom stereocenters. The molecular weight excluding hydrogens is 472 g/mol. The molecule has 3 atom stereocenters. The Morgan fingerprint density at radius 1 is 0.914 bits per heavy atom. The third-order valence-electron chi connectivity index (χ3n) is 5.30. The zero-order valence-corrected chi connectivity index (χ0v) is 21.0. The van der Waals surface area contributed by atoms with Crippen LogP contribution in [0.3, 0.4) is 0 Å². The molecule has 0 spiro atoms. The lowest BCUT2D eigenvalue weighted by Crippen LogP contribution is -2.53. The van der Waals surface area contributed by atoms with E-state index in [1.165, 1.54) is 12.1 Å². The van der Waals surface area contributed by atoms with E-state index in [0.717, 1.165) is 11.8 Å². The molecule has 0 heterocycles. The summed E-state index contributed by atoms with van der Waals surface area (Å²) in [6.07, 6.45) is -1.56. The summed E-state index contributed by atoms with van der Waals surface area (Å²) < 4.78 is 28.6. The normalized spacial score (nSPS) is 14.1. The molecule has 2 aromatic carbocycles. The van der Waals surface area contributed by atoms with Crippen molar-refractivity contribution in [3.05, 3.63) is 65.7 Å². The number of ether oxygens (including phenoxy) is 1. The largest absolute Gasteiger partial charge is 0.445 e. The smallest absolute Gasteiger partial charge is 0.407 e. The van der Waals surface area contributed by atoms with Gasteiger partial charge in [-0.25, -0.2) is 13.2 Å². The van der Waals surface area contributed by atoms with E-state index in [1.807, 2.05) is 19.9 Å². The van der Waals surface area contributed by atoms with Crippen LogP contribution in [0.4, 0.5) is 4.79 Å². The number of hydrogen-bond acceptors (Lipinski definition) is 7. The number of carbonyl (C=O) groups excluding carboxylic acids is 2. The fourth-order valence-electron chi connectivity index (χ4n) is 3.28. The topological polar surface area (TPSA) is 142 Å². The molecule has 0 aromatic heterocycles. The molecule has 0 aliphatic carbocycles. The molecule has 0 aliphatic rings. The van der Waals surface area contributed by atoms with Crippen LogP contribution in [-0.2, 0) is 32.4 Å². The number of aliphatic hydroxyl groups is 2. The molecule has 10 heteroatoms. The lowest BCUT2D eigenvalue weighted by atomic mass is 10.0. The fraction of sp³-hybridized carbons (Fsp3) is 0.440. The number of carbonyl (C=O) groups is 2. The molecule has 0 saturated heterocycles. The molecular formula is C25H34N2O7S. The molecule has 9 nitrogen and oxygen atoms in total. The summed E-state index contributed by atoms with van der Waals surface area (Å²) in [7, 11) is -3.39. The van der Waals surface area contributed by atoms with Gasteiger partial charge in [0.2, 0.25) is 0 Å². The lowest BCUT2D eigenvalue weighted by Gasteiger charge is -2.25. The van der Waals surface area contributed by atoms with Gasteiger partial charge in [-0.1, -0.05) is 56.3 Å². The molecule has 2 aromatic rings. The van der Waals surface area contributed by atoms with Gasteiger partial charge in [-0.15, -0.1) is 0 Å². The van der Waals surface area contributed by atoms with Crippen LogP contribution < -0.4 is 10.6 Å². The van der Waals surface area contributed by atoms with Crippen molar-refractivity contribution in [2.45, 2.75) is 63.0 Å². The molecule has 0 saturated carbocycles. The summed E-state index contributed by atoms with van der Waals surface area (Å²) in [5.41, 5.74) is 1.35. The SMILES string of the molecule is CC(C)CCC(O)NC(=O)[C@@H](O)[C@@H](Cc1ccc(S(C)(=O)=O)cc1)NC(=O)OCc1ccccc1. The number of nitrogens with one attached hydrogen (secondary N) is 2. The summed E-state index contributed by atoms with van der Waals surface area (Å²) in [5.74, 6) is -0.516. The van der Waals surface area contributed by atoms with Crippen molar-refractivity contribution in [1.29, 1.82) is 0 Å². The number of hydrogen-bond donors (Lipinski definition) is 4. The molecule has 0 aliphatic heterocycles. The van der Waals surface area contributed by atoms with Crippen LogP contribution in [0.25, 0.3) is 0 Å². The van der Waals surface area contributed by atoms with Gasteiger partial charge < -0.3 is 25.6 Å². The summed E-state index contributed by atoms with van der Waals surface area (Å²) in [4.78, 5) is 25.1. The fourth-order valence-corrected chi connectivity index (χ4v) is 3.91. The van der Waals surface area contributed by atoms with Gasteiger partial charge in [0.25, 0.3) is 5.91 Å². The third-order valence-corrected chi connectivity index (χ3v) is 6.43. The van der Waals surface area contributed by atoms with Crippen LogP contribution in [-0.4, -0.2) is 55.3 Å². The monoisotopic (exact) mass is 506 g/mol. The molecule has 2 rings (SSSR count). The number of aliphatic hydroxyl groups excluding tert-OH is 2. The van der Waals surface area contributed by atoms with E-state index in [9.17, 15) is 28.2 Å². The third kappa shape index (κ3) is 10.1. The van der Waals surface area contributed by atoms with Crippen molar-refractivity contribution in [2.24, 2.45) is 5.92 Å². The highest BCUT2D eigenvalue weighted by Gasteiger charge is 2.29. The Kier molecular flexibility index (Phi) is 10.7. The van der Waals surface area contributed by atoms with Crippen molar-refractivity contribution in [1.82, 2.24) is 10.6 Å². The van der Waals surface area contributed by atoms with E-state index in [4.69, 9.17) is 4.74 Å². The summed E-state index contributed by atoms with van der Waals surface area (Å²) in [6, 6.07) is 13.8. The predicted molar refractivity (Wildman–Crippen MR) is 131 cm³/mol. The Morgan fingerprint density at radius 3 is 2.11 bits per heavy atom. The first-order valence-electron chi connectivity index (χ1n) is 11.4. The average molecular weight is 507 g/mol. The second-order valence-electron chi connectivity index (χ2n) is 8.87. The minimum Gasteiger partial charge on any atom is -0.445 e. The standard InChI is InChI=1S/C25H34N2O7S/c1-17(2)9-14-22(28)27-24(30)23(29)21(15-18-10-12-20(13-11-18)35(3,32)33)26-25(31)34-16-19-7-5-4-6-8-19/h4-8,10-13,17,21-23,28-29H,9,14-16H2,1-3H3,(H,26,31)(H,27,30)/t21-,22?,23+/m1/s1. The van der Waals surface area contributed by atoms with Gasteiger partial charge in [0, 0.05) is 6.26 Å². The average Bonchev–Trinajstić information content (AvgIpc) is 2.81. The Bertz CT molecular complexity index is 1060. The first kappa shape index (κ1) is 28.3. The van der Waals surface area contributed by atoms with E-state index in [1.54, 1.807) is 36.4 Å². The Balaban J connectivity index is 2.10. The second-order valence-corrected chi connectivity index (χ2v) is 10.9. The highest BCUT2D eigenvalue weighted by Crippen LogP contribution is 2.14. The minimum absolute atomic E-state index is 0.00133. The maximum absolute atomic E-state index is 12.6. The van der Waals surface area contributed by atoms with E-state index in [2.05, 4.69) is 10.6 Å². The van der Waals surface area contributed by atoms with Gasteiger partial charge in [0.15, 0.2) is 15.9 Å². The summed E-state index contributed by atoms with van der Waals surface area (Å²) in [5, 5.41) is 25.6. The van der Waals surface area contributed by atoms with Crippen LogP contribution in [0, 0.1) is 5.92 Å². The number of rotatable bonds is 12. The van der Waals surface area contributed by atoms with Gasteiger partial charge in [-0.3, -0.25) is 4.79 Å². The van der Waals surface area contributed by atoms with Crippen molar-refractivity contribution in [3.8, 4) is 0 Å². The number of benzene rings is 2. The van der Waals surface area contributed by atoms with Gasteiger partial charge in [0.1, 0.15) is 12.8 Å². The predicted octanol–water partition coefficient (Wildman–Crippen LogP) is 2.16. The van der Waals surface area contributed by atoms with Crippen molar-refractivity contribution in [3.63, 3.8) is 0 Å². The van der Waals surface area contributed by atoms with Crippen molar-refractivity contribution in [2.75, 3.05) is 6.26 Å². The molecule has 35 heavy (non-hydrogen) atoms. The zero-order chi connectivity index (χ0) is 26.0. The highest BCUT2D eigenvalue weighted by atomic mass is 32.2. The van der Waals surface area contributed by atoms with Crippen molar-refractivity contribution >= 4 is 21.8 Å². The first-order valence-corrected chi connectivity index (χ1v) is 13.3. The van der Waals surface area contributed by atoms with Gasteiger partial charge in [-0.2, -0.15) is 0 Å². The summed E-state index contributed by atoms with van der Waals surface area (Å²) in [6.45, 7) is 3.97. The summed E-state index contributed by atoms with van der Waals surface area (Å²) >= 11 is 0. The maximum atomic E-state index is 12.6. The Labute approximate surface area is 206 Å². The number of sulfone groups is 1. The molecule has 4 N–H and O–H groups in total. The lowest BCUT2D eigenvalue weighted by molar-refractivity contribution is -0.134. The van der Waals surface area contributed by atoms with Gasteiger partial charge >= 0.3 is 6.09 Å². The minimum atomic E-state index is -3.39.